The van der Waals surface area contributed by atoms with Crippen LogP contribution in [0.5, 0.6) is 0 Å². The third-order valence-electron chi connectivity index (χ3n) is 1.27. The summed E-state index contributed by atoms with van der Waals surface area (Å²) in [7, 11) is 0. The molecule has 0 aromatic rings. The smallest absolute Gasteiger partial charge is 0.182 e. The molecule has 0 spiro atoms. The van der Waals surface area contributed by atoms with Gasteiger partial charge in [-0.05, 0) is 26.0 Å². The topological polar surface area (TPSA) is 34.1 Å². The zero-order valence-corrected chi connectivity index (χ0v) is 5.60. The Labute approximate surface area is 62.0 Å². The minimum Gasteiger partial charge on any atom is -0.290 e. The lowest BCUT2D eigenvalue weighted by atomic mass is 10.00. The Morgan fingerprint density at radius 2 is 2.10 bits per heavy atom. The van der Waals surface area contributed by atoms with Gasteiger partial charge in [0.05, 0.1) is 1.37 Å². The molecule has 0 unspecified atom stereocenters. The minimum atomic E-state index is -0.447. The first-order chi connectivity index (χ1) is 5.57. The van der Waals surface area contributed by atoms with Gasteiger partial charge in [0.2, 0.25) is 0 Å². The monoisotopic (exact) mass is 138 g/mol. The van der Waals surface area contributed by atoms with Gasteiger partial charge in [-0.3, -0.25) is 9.59 Å². The molecule has 0 amide bonds. The summed E-state index contributed by atoms with van der Waals surface area (Å²) >= 11 is 0. The van der Waals surface area contributed by atoms with Crippen LogP contribution in [0.25, 0.3) is 0 Å². The van der Waals surface area contributed by atoms with Gasteiger partial charge in [0.1, 0.15) is 0 Å². The van der Waals surface area contributed by atoms with Crippen LogP contribution in [0.15, 0.2) is 23.3 Å². The summed E-state index contributed by atoms with van der Waals surface area (Å²) in [6.07, 6.45) is 1.18. The van der Waals surface area contributed by atoms with Crippen molar-refractivity contribution >= 4 is 11.6 Å². The van der Waals surface area contributed by atoms with Crippen molar-refractivity contribution in [3.05, 3.63) is 23.3 Å². The van der Waals surface area contributed by atoms with E-state index in [-0.39, 0.29) is 29.9 Å². The predicted octanol–water partition coefficient (Wildman–Crippen LogP) is 1.03. The molecule has 0 atom stereocenters. The van der Waals surface area contributed by atoms with Gasteiger partial charge in [-0.1, -0.05) is 0 Å². The molecule has 2 heteroatoms. The van der Waals surface area contributed by atoms with Crippen LogP contribution in [0.2, 0.25) is 0 Å². The van der Waals surface area contributed by atoms with Crippen LogP contribution in [0.4, 0.5) is 0 Å². The van der Waals surface area contributed by atoms with Crippen molar-refractivity contribution in [1.29, 1.82) is 0 Å². The quantitative estimate of drug-likeness (QED) is 0.468. The summed E-state index contributed by atoms with van der Waals surface area (Å²) in [4.78, 5) is 22.2. The van der Waals surface area contributed by atoms with Gasteiger partial charge in [0, 0.05) is 12.5 Å². The standard InChI is InChI=1S/C8H8O2/c1-5-3-8(10)6(2)4-7(5)9/h3-4H,1-2H3/i1D,3D. The van der Waals surface area contributed by atoms with Crippen molar-refractivity contribution in [2.45, 2.75) is 13.8 Å². The van der Waals surface area contributed by atoms with Gasteiger partial charge >= 0.3 is 0 Å². The lowest BCUT2D eigenvalue weighted by Gasteiger charge is -2.03. The highest BCUT2D eigenvalue weighted by atomic mass is 16.1. The molecule has 2 nitrogen and oxygen atoms in total. The average Bonchev–Trinajstić information content (AvgIpc) is 2.01. The molecule has 0 saturated carbocycles. The van der Waals surface area contributed by atoms with Gasteiger partial charge in [-0.25, -0.2) is 0 Å². The molecular formula is C8H8O2. The van der Waals surface area contributed by atoms with Gasteiger partial charge in [0.15, 0.2) is 11.6 Å². The molecule has 0 radical (unpaired) electrons. The first kappa shape index (κ1) is 4.61. The number of carbonyl (C=O) groups is 2. The maximum atomic E-state index is 11.1. The largest absolute Gasteiger partial charge is 0.290 e. The first-order valence-electron chi connectivity index (χ1n) is 4.05. The van der Waals surface area contributed by atoms with E-state index < -0.39 is 5.78 Å². The molecule has 0 aliphatic heterocycles. The Morgan fingerprint density at radius 1 is 1.40 bits per heavy atom. The molecule has 1 rings (SSSR count). The van der Waals surface area contributed by atoms with E-state index in [1.165, 1.54) is 13.0 Å². The van der Waals surface area contributed by atoms with Crippen LogP contribution in [0, 0.1) is 0 Å². The molecule has 10 heavy (non-hydrogen) atoms. The van der Waals surface area contributed by atoms with Crippen molar-refractivity contribution in [1.82, 2.24) is 0 Å². The lowest BCUT2D eigenvalue weighted by molar-refractivity contribution is -0.115. The van der Waals surface area contributed by atoms with Gasteiger partial charge in [-0.15, -0.1) is 0 Å². The molecule has 0 fully saturated rings. The molecule has 0 bridgehead atoms. The van der Waals surface area contributed by atoms with E-state index in [0.717, 1.165) is 0 Å². The van der Waals surface area contributed by atoms with Crippen molar-refractivity contribution in [3.8, 4) is 0 Å². The van der Waals surface area contributed by atoms with Crippen molar-refractivity contribution in [3.63, 3.8) is 0 Å². The van der Waals surface area contributed by atoms with Crippen LogP contribution >= 0.6 is 0 Å². The lowest BCUT2D eigenvalue weighted by Crippen LogP contribution is -2.08. The molecule has 0 N–H and O–H groups in total. The summed E-state index contributed by atoms with van der Waals surface area (Å²) in [6.45, 7) is 1.20. The van der Waals surface area contributed by atoms with Crippen LogP contribution in [0.3, 0.4) is 0 Å². The van der Waals surface area contributed by atoms with E-state index in [1.807, 2.05) is 0 Å². The van der Waals surface area contributed by atoms with Crippen molar-refractivity contribution < 1.29 is 12.3 Å². The summed E-state index contributed by atoms with van der Waals surface area (Å²) in [5.41, 5.74) is 0.271. The summed E-state index contributed by atoms with van der Waals surface area (Å²) in [5.74, 6) is -0.830. The summed E-state index contributed by atoms with van der Waals surface area (Å²) < 4.78 is 14.2. The van der Waals surface area contributed by atoms with Gasteiger partial charge in [-0.2, -0.15) is 0 Å². The highest BCUT2D eigenvalue weighted by Crippen LogP contribution is 2.09. The fourth-order valence-electron chi connectivity index (χ4n) is 0.647. The van der Waals surface area contributed by atoms with E-state index in [9.17, 15) is 9.59 Å². The van der Waals surface area contributed by atoms with E-state index in [1.54, 1.807) is 0 Å². The molecule has 0 heterocycles. The number of ketones is 2. The third-order valence-corrected chi connectivity index (χ3v) is 1.27. The molecule has 0 aromatic heterocycles. The third kappa shape index (κ3) is 1.05. The van der Waals surface area contributed by atoms with Gasteiger partial charge in [0.25, 0.3) is 0 Å². The number of hydrogen-bond acceptors (Lipinski definition) is 2. The highest BCUT2D eigenvalue weighted by molar-refractivity contribution is 6.19. The van der Waals surface area contributed by atoms with Crippen molar-refractivity contribution in [2.75, 3.05) is 0 Å². The van der Waals surface area contributed by atoms with Crippen molar-refractivity contribution in [2.24, 2.45) is 0 Å². The first-order valence-corrected chi connectivity index (χ1v) is 2.84. The molecule has 1 aliphatic rings. The van der Waals surface area contributed by atoms with Gasteiger partial charge < -0.3 is 0 Å². The molecule has 0 saturated heterocycles. The second kappa shape index (κ2) is 2.21. The summed E-state index contributed by atoms with van der Waals surface area (Å²) in [5, 5.41) is 0. The summed E-state index contributed by atoms with van der Waals surface area (Å²) in [6, 6.07) is -0.324. The molecule has 1 aliphatic carbocycles. The van der Waals surface area contributed by atoms with Crippen LogP contribution in [0.1, 0.15) is 16.6 Å². The Balaban J connectivity index is 3.17. The Kier molecular flexibility index (Phi) is 1.02. The Morgan fingerprint density at radius 3 is 2.70 bits per heavy atom. The number of allylic oxidation sites excluding steroid dienone is 4. The Hall–Kier alpha value is -1.18. The van der Waals surface area contributed by atoms with E-state index in [4.69, 9.17) is 2.74 Å². The fourth-order valence-corrected chi connectivity index (χ4v) is 0.647. The maximum absolute atomic E-state index is 11.1. The molecular weight excluding hydrogens is 128 g/mol. The van der Waals surface area contributed by atoms with E-state index in [2.05, 4.69) is 0 Å². The maximum Gasteiger partial charge on any atom is 0.182 e. The van der Waals surface area contributed by atoms with Crippen LogP contribution in [-0.4, -0.2) is 11.6 Å². The molecule has 52 valence electrons. The second-order valence-corrected chi connectivity index (χ2v) is 2.12. The SMILES string of the molecule is [2H]CC1=C([2H])C(=O)C(C)=CC1=O. The highest BCUT2D eigenvalue weighted by Gasteiger charge is 2.12. The van der Waals surface area contributed by atoms with E-state index in [0.29, 0.717) is 0 Å². The normalized spacial score (nSPS) is 22.3. The predicted molar refractivity (Wildman–Crippen MR) is 37.5 cm³/mol. The average molecular weight is 138 g/mol. The number of rotatable bonds is 0. The molecule has 0 aromatic carbocycles. The second-order valence-electron chi connectivity index (χ2n) is 2.12. The zero-order valence-electron chi connectivity index (χ0n) is 7.60. The van der Waals surface area contributed by atoms with Crippen LogP contribution < -0.4 is 0 Å². The Bertz CT molecular complexity index is 313. The van der Waals surface area contributed by atoms with Crippen LogP contribution in [-0.2, 0) is 9.59 Å². The number of carbonyl (C=O) groups excluding carboxylic acids is 2. The number of hydrogen-bond donors (Lipinski definition) is 0. The van der Waals surface area contributed by atoms with E-state index >= 15 is 0 Å². The zero-order chi connectivity index (χ0) is 9.30. The minimum absolute atomic E-state index is 0.00870. The fraction of sp³-hybridized carbons (Fsp3) is 0.250.